The molecule has 2 rings (SSSR count). The van der Waals surface area contributed by atoms with Crippen LogP contribution in [0, 0.1) is 9.39 Å². The monoisotopic (exact) mass is 453 g/mol. The van der Waals surface area contributed by atoms with Gasteiger partial charge < -0.3 is 5.32 Å². The van der Waals surface area contributed by atoms with Crippen LogP contribution in [0.4, 0.5) is 4.39 Å². The highest BCUT2D eigenvalue weighted by Crippen LogP contribution is 2.32. The zero-order chi connectivity index (χ0) is 14.0. The van der Waals surface area contributed by atoms with Crippen LogP contribution in [0.25, 0.3) is 0 Å². The van der Waals surface area contributed by atoms with Crippen molar-refractivity contribution >= 4 is 50.1 Å². The molecule has 1 unspecified atom stereocenters. The fourth-order valence-electron chi connectivity index (χ4n) is 1.95. The minimum Gasteiger partial charge on any atom is -0.309 e. The van der Waals surface area contributed by atoms with Crippen molar-refractivity contribution in [3.05, 3.63) is 66.4 Å². The van der Waals surface area contributed by atoms with Crippen molar-refractivity contribution in [1.82, 2.24) is 5.32 Å². The van der Waals surface area contributed by atoms with Crippen LogP contribution in [-0.4, -0.2) is 7.05 Å². The molecule has 0 bridgehead atoms. The van der Waals surface area contributed by atoms with Gasteiger partial charge in [-0.15, -0.1) is 0 Å². The second kappa shape index (κ2) is 6.52. The molecule has 1 atom stereocenters. The lowest BCUT2D eigenvalue weighted by molar-refractivity contribution is 0.616. The number of benzene rings is 2. The Morgan fingerprint density at radius 2 is 1.95 bits per heavy atom. The smallest absolute Gasteiger partial charge is 0.123 e. The van der Waals surface area contributed by atoms with Gasteiger partial charge in [0.15, 0.2) is 0 Å². The molecule has 5 heteroatoms. The van der Waals surface area contributed by atoms with Crippen molar-refractivity contribution in [2.45, 2.75) is 6.04 Å². The second-order valence-corrected chi connectivity index (χ2v) is 6.54. The second-order valence-electron chi connectivity index (χ2n) is 4.05. The van der Waals surface area contributed by atoms with Crippen molar-refractivity contribution in [2.24, 2.45) is 0 Å². The summed E-state index contributed by atoms with van der Waals surface area (Å²) in [4.78, 5) is 0. The number of hydrogen-bond acceptors (Lipinski definition) is 1. The molecule has 100 valence electrons. The lowest BCUT2D eigenvalue weighted by Gasteiger charge is -2.20. The molecular weight excluding hydrogens is 443 g/mol. The van der Waals surface area contributed by atoms with E-state index < -0.39 is 0 Å². The predicted molar refractivity (Wildman–Crippen MR) is 89.2 cm³/mol. The Bertz CT molecular complexity index is 554. The third kappa shape index (κ3) is 3.48. The minimum atomic E-state index is -0.287. The van der Waals surface area contributed by atoms with E-state index in [1.807, 2.05) is 25.2 Å². The third-order valence-corrected chi connectivity index (χ3v) is 4.65. The molecule has 0 aliphatic heterocycles. The van der Waals surface area contributed by atoms with E-state index in [1.165, 1.54) is 12.1 Å². The summed E-state index contributed by atoms with van der Waals surface area (Å²) in [6.45, 7) is 0. The maximum absolute atomic E-state index is 13.4. The summed E-state index contributed by atoms with van der Waals surface area (Å²) in [5.41, 5.74) is 1.80. The van der Waals surface area contributed by atoms with Gasteiger partial charge in [-0.2, -0.15) is 0 Å². The highest BCUT2D eigenvalue weighted by atomic mass is 127. The van der Waals surface area contributed by atoms with Crippen LogP contribution in [0.15, 0.2) is 40.9 Å². The van der Waals surface area contributed by atoms with Gasteiger partial charge in [0, 0.05) is 13.1 Å². The Labute approximate surface area is 138 Å². The summed E-state index contributed by atoms with van der Waals surface area (Å²) in [5, 5.41) is 3.75. The van der Waals surface area contributed by atoms with Gasteiger partial charge in [0.2, 0.25) is 0 Å². The van der Waals surface area contributed by atoms with Crippen LogP contribution >= 0.6 is 50.1 Å². The van der Waals surface area contributed by atoms with Gasteiger partial charge in [-0.3, -0.25) is 0 Å². The van der Waals surface area contributed by atoms with Crippen LogP contribution in [0.1, 0.15) is 17.2 Å². The largest absolute Gasteiger partial charge is 0.309 e. The molecule has 1 N–H and O–H groups in total. The summed E-state index contributed by atoms with van der Waals surface area (Å²) in [6, 6.07) is 10.3. The molecule has 0 radical (unpaired) electrons. The molecule has 0 aliphatic carbocycles. The van der Waals surface area contributed by atoms with E-state index in [2.05, 4.69) is 43.8 Å². The van der Waals surface area contributed by atoms with Crippen LogP contribution in [0.2, 0.25) is 5.02 Å². The van der Waals surface area contributed by atoms with Crippen molar-refractivity contribution in [2.75, 3.05) is 7.05 Å². The first kappa shape index (κ1) is 15.2. The van der Waals surface area contributed by atoms with Gasteiger partial charge in [-0.05, 0) is 77.2 Å². The summed E-state index contributed by atoms with van der Waals surface area (Å²) >= 11 is 11.9. The SMILES string of the molecule is CNC(c1cc(F)ccc1Cl)c1cc(Br)ccc1I. The van der Waals surface area contributed by atoms with Crippen molar-refractivity contribution in [3.8, 4) is 0 Å². The Morgan fingerprint density at radius 3 is 2.63 bits per heavy atom. The molecule has 0 saturated heterocycles. The van der Waals surface area contributed by atoms with Gasteiger partial charge in [-0.25, -0.2) is 4.39 Å². The number of hydrogen-bond donors (Lipinski definition) is 1. The minimum absolute atomic E-state index is 0.146. The average Bonchev–Trinajstić information content (AvgIpc) is 2.38. The molecule has 0 spiro atoms. The van der Waals surface area contributed by atoms with E-state index in [-0.39, 0.29) is 11.9 Å². The Balaban J connectivity index is 2.55. The number of halogens is 4. The molecule has 0 amide bonds. The van der Waals surface area contributed by atoms with Gasteiger partial charge in [-0.1, -0.05) is 27.5 Å². The molecule has 2 aromatic rings. The van der Waals surface area contributed by atoms with E-state index in [1.54, 1.807) is 6.07 Å². The zero-order valence-electron chi connectivity index (χ0n) is 10.1. The molecule has 2 aromatic carbocycles. The molecule has 19 heavy (non-hydrogen) atoms. The van der Waals surface area contributed by atoms with E-state index >= 15 is 0 Å². The first-order valence-corrected chi connectivity index (χ1v) is 7.85. The lowest BCUT2D eigenvalue weighted by atomic mass is 9.99. The Hall–Kier alpha value is -0.170. The predicted octanol–water partition coefficient (Wildman–Crippen LogP) is 5.16. The normalized spacial score (nSPS) is 12.5. The fourth-order valence-corrected chi connectivity index (χ4v) is 3.20. The van der Waals surface area contributed by atoms with E-state index in [0.29, 0.717) is 5.02 Å². The van der Waals surface area contributed by atoms with Gasteiger partial charge in [0.25, 0.3) is 0 Å². The van der Waals surface area contributed by atoms with Crippen molar-refractivity contribution in [1.29, 1.82) is 0 Å². The number of nitrogens with one attached hydrogen (secondary N) is 1. The molecule has 0 aromatic heterocycles. The maximum Gasteiger partial charge on any atom is 0.123 e. The van der Waals surface area contributed by atoms with E-state index in [0.717, 1.165) is 19.2 Å². The topological polar surface area (TPSA) is 12.0 Å². The third-order valence-electron chi connectivity index (χ3n) is 2.83. The molecule has 0 fully saturated rings. The fraction of sp³-hybridized carbons (Fsp3) is 0.143. The molecule has 0 saturated carbocycles. The van der Waals surface area contributed by atoms with Crippen molar-refractivity contribution in [3.63, 3.8) is 0 Å². The molecule has 1 nitrogen and oxygen atoms in total. The Kier molecular flexibility index (Phi) is 5.22. The summed E-state index contributed by atoms with van der Waals surface area (Å²) in [7, 11) is 1.84. The molecular formula is C14H11BrClFIN. The molecule has 0 heterocycles. The number of rotatable bonds is 3. The van der Waals surface area contributed by atoms with Gasteiger partial charge in [0.1, 0.15) is 5.82 Å². The highest BCUT2D eigenvalue weighted by molar-refractivity contribution is 14.1. The van der Waals surface area contributed by atoms with Crippen molar-refractivity contribution < 1.29 is 4.39 Å². The van der Waals surface area contributed by atoms with Crippen LogP contribution < -0.4 is 5.32 Å². The van der Waals surface area contributed by atoms with Crippen LogP contribution in [0.3, 0.4) is 0 Å². The Morgan fingerprint density at radius 1 is 1.21 bits per heavy atom. The van der Waals surface area contributed by atoms with E-state index in [4.69, 9.17) is 11.6 Å². The van der Waals surface area contributed by atoms with Crippen LogP contribution in [-0.2, 0) is 0 Å². The first-order valence-electron chi connectivity index (χ1n) is 5.60. The average molecular weight is 455 g/mol. The highest BCUT2D eigenvalue weighted by Gasteiger charge is 2.18. The summed E-state index contributed by atoms with van der Waals surface area (Å²) < 4.78 is 15.5. The quantitative estimate of drug-likeness (QED) is 0.633. The maximum atomic E-state index is 13.4. The lowest BCUT2D eigenvalue weighted by Crippen LogP contribution is -2.19. The van der Waals surface area contributed by atoms with Gasteiger partial charge in [0.05, 0.1) is 6.04 Å². The van der Waals surface area contributed by atoms with E-state index in [9.17, 15) is 4.39 Å². The van der Waals surface area contributed by atoms with Crippen LogP contribution in [0.5, 0.6) is 0 Å². The summed E-state index contributed by atoms with van der Waals surface area (Å²) in [5.74, 6) is -0.287. The zero-order valence-corrected chi connectivity index (χ0v) is 14.6. The standard InChI is InChI=1S/C14H11BrClFIN/c1-19-14(10-7-9(17)3-4-12(10)16)11-6-8(15)2-5-13(11)18/h2-7,14,19H,1H3. The molecule has 0 aliphatic rings. The summed E-state index contributed by atoms with van der Waals surface area (Å²) in [6.07, 6.45) is 0. The first-order chi connectivity index (χ1) is 9.02. The van der Waals surface area contributed by atoms with Gasteiger partial charge >= 0.3 is 0 Å².